The number of methoxy groups -OCH3 is 2. The summed E-state index contributed by atoms with van der Waals surface area (Å²) in [6, 6.07) is 19.7. The van der Waals surface area contributed by atoms with Crippen LogP contribution in [0.15, 0.2) is 71.9 Å². The molecule has 2 aromatic carbocycles. The van der Waals surface area contributed by atoms with Crippen LogP contribution in [-0.4, -0.2) is 32.2 Å². The Morgan fingerprint density at radius 3 is 2.39 bits per heavy atom. The van der Waals surface area contributed by atoms with Crippen molar-refractivity contribution in [2.24, 2.45) is 4.99 Å². The summed E-state index contributed by atoms with van der Waals surface area (Å²) in [7, 11) is 4.98. The molecular weight excluding hydrogens is 392 g/mol. The van der Waals surface area contributed by atoms with Crippen molar-refractivity contribution in [3.63, 3.8) is 0 Å². The maximum absolute atomic E-state index is 5.93. The van der Waals surface area contributed by atoms with Crippen LogP contribution in [0.5, 0.6) is 17.4 Å². The van der Waals surface area contributed by atoms with E-state index in [1.54, 1.807) is 27.5 Å². The van der Waals surface area contributed by atoms with Crippen molar-refractivity contribution in [2.45, 2.75) is 19.7 Å². The minimum Gasteiger partial charge on any atom is -0.493 e. The molecule has 0 unspecified atom stereocenters. The lowest BCUT2D eigenvalue weighted by Crippen LogP contribution is -2.36. The number of pyridine rings is 1. The highest BCUT2D eigenvalue weighted by molar-refractivity contribution is 5.79. The normalized spacial score (nSPS) is 11.0. The first-order chi connectivity index (χ1) is 15.2. The van der Waals surface area contributed by atoms with Crippen LogP contribution < -0.4 is 24.8 Å². The van der Waals surface area contributed by atoms with E-state index in [1.807, 2.05) is 60.7 Å². The number of aliphatic imine (C=N–C) groups is 1. The molecule has 0 aliphatic rings. The van der Waals surface area contributed by atoms with Gasteiger partial charge >= 0.3 is 0 Å². The van der Waals surface area contributed by atoms with Gasteiger partial charge in [-0.3, -0.25) is 4.99 Å². The molecule has 31 heavy (non-hydrogen) atoms. The smallest absolute Gasteiger partial charge is 0.218 e. The van der Waals surface area contributed by atoms with Crippen molar-refractivity contribution >= 4 is 5.96 Å². The third-order valence-corrected chi connectivity index (χ3v) is 4.65. The maximum Gasteiger partial charge on any atom is 0.218 e. The van der Waals surface area contributed by atoms with Crippen LogP contribution in [0.25, 0.3) is 0 Å². The molecule has 7 heteroatoms. The van der Waals surface area contributed by atoms with Gasteiger partial charge in [0.25, 0.3) is 0 Å². The second-order valence-electron chi connectivity index (χ2n) is 6.71. The van der Waals surface area contributed by atoms with E-state index in [4.69, 9.17) is 14.2 Å². The summed E-state index contributed by atoms with van der Waals surface area (Å²) >= 11 is 0. The lowest BCUT2D eigenvalue weighted by Gasteiger charge is -2.15. The number of hydrogen-bond acceptors (Lipinski definition) is 5. The molecular formula is C24H28N4O3. The number of aromatic nitrogens is 1. The molecule has 3 aromatic rings. The Morgan fingerprint density at radius 2 is 1.65 bits per heavy atom. The number of benzene rings is 2. The molecule has 0 atom stereocenters. The Labute approximate surface area is 183 Å². The van der Waals surface area contributed by atoms with E-state index in [1.165, 1.54) is 0 Å². The minimum atomic E-state index is 0.469. The highest BCUT2D eigenvalue weighted by atomic mass is 16.5. The van der Waals surface area contributed by atoms with Crippen molar-refractivity contribution in [1.29, 1.82) is 0 Å². The van der Waals surface area contributed by atoms with Gasteiger partial charge in [0.05, 0.1) is 14.2 Å². The lowest BCUT2D eigenvalue weighted by molar-refractivity contribution is 0.290. The predicted molar refractivity (Wildman–Crippen MR) is 122 cm³/mol. The van der Waals surface area contributed by atoms with Gasteiger partial charge in [0.2, 0.25) is 5.88 Å². The van der Waals surface area contributed by atoms with Crippen molar-refractivity contribution in [3.8, 4) is 17.4 Å². The molecule has 0 spiro atoms. The van der Waals surface area contributed by atoms with Crippen LogP contribution in [0.4, 0.5) is 0 Å². The maximum atomic E-state index is 5.93. The zero-order valence-corrected chi connectivity index (χ0v) is 18.1. The van der Waals surface area contributed by atoms with E-state index in [2.05, 4.69) is 20.6 Å². The SMILES string of the molecule is CN=C(NCc1ccc(OC)c(OC)c1)NCc1cccnc1OCc1ccccc1. The van der Waals surface area contributed by atoms with Crippen LogP contribution in [0.3, 0.4) is 0 Å². The molecule has 3 rings (SSSR count). The summed E-state index contributed by atoms with van der Waals surface area (Å²) in [5, 5.41) is 6.61. The zero-order chi connectivity index (χ0) is 21.9. The first-order valence-corrected chi connectivity index (χ1v) is 9.99. The van der Waals surface area contributed by atoms with E-state index in [9.17, 15) is 0 Å². The second-order valence-corrected chi connectivity index (χ2v) is 6.71. The number of ether oxygens (including phenoxy) is 3. The van der Waals surface area contributed by atoms with Gasteiger partial charge in [-0.05, 0) is 29.3 Å². The molecule has 0 bridgehead atoms. The number of nitrogens with zero attached hydrogens (tertiary/aromatic N) is 2. The third kappa shape index (κ3) is 6.37. The molecule has 0 aliphatic carbocycles. The molecule has 0 saturated carbocycles. The molecule has 7 nitrogen and oxygen atoms in total. The van der Waals surface area contributed by atoms with Gasteiger partial charge in [0, 0.05) is 31.9 Å². The summed E-state index contributed by atoms with van der Waals surface area (Å²) in [6.07, 6.45) is 1.73. The van der Waals surface area contributed by atoms with E-state index in [-0.39, 0.29) is 0 Å². The Hall–Kier alpha value is -3.74. The minimum absolute atomic E-state index is 0.469. The molecule has 0 aliphatic heterocycles. The molecule has 0 saturated heterocycles. The van der Waals surface area contributed by atoms with Gasteiger partial charge in [0.15, 0.2) is 17.5 Å². The zero-order valence-electron chi connectivity index (χ0n) is 18.1. The summed E-state index contributed by atoms with van der Waals surface area (Å²) in [6.45, 7) is 1.59. The van der Waals surface area contributed by atoms with Gasteiger partial charge in [0.1, 0.15) is 6.61 Å². The van der Waals surface area contributed by atoms with Crippen molar-refractivity contribution in [3.05, 3.63) is 83.6 Å². The van der Waals surface area contributed by atoms with Crippen molar-refractivity contribution < 1.29 is 14.2 Å². The Bertz CT molecular complexity index is 993. The molecule has 0 radical (unpaired) electrons. The van der Waals surface area contributed by atoms with E-state index >= 15 is 0 Å². The van der Waals surface area contributed by atoms with E-state index in [0.717, 1.165) is 16.7 Å². The Morgan fingerprint density at radius 1 is 0.871 bits per heavy atom. The fraction of sp³-hybridized carbons (Fsp3) is 0.250. The molecule has 162 valence electrons. The third-order valence-electron chi connectivity index (χ3n) is 4.65. The van der Waals surface area contributed by atoms with Gasteiger partial charge in [-0.1, -0.05) is 42.5 Å². The fourth-order valence-electron chi connectivity index (χ4n) is 2.99. The first-order valence-electron chi connectivity index (χ1n) is 9.99. The summed E-state index contributed by atoms with van der Waals surface area (Å²) in [4.78, 5) is 8.67. The number of hydrogen-bond donors (Lipinski definition) is 2. The van der Waals surface area contributed by atoms with E-state index in [0.29, 0.717) is 43.0 Å². The van der Waals surface area contributed by atoms with E-state index < -0.39 is 0 Å². The van der Waals surface area contributed by atoms with Gasteiger partial charge in [-0.15, -0.1) is 0 Å². The van der Waals surface area contributed by atoms with Crippen LogP contribution >= 0.6 is 0 Å². The molecule has 1 heterocycles. The summed E-state index contributed by atoms with van der Waals surface area (Å²) in [5.41, 5.74) is 3.10. The Balaban J connectivity index is 1.56. The van der Waals surface area contributed by atoms with Crippen LogP contribution in [0, 0.1) is 0 Å². The topological polar surface area (TPSA) is 77.0 Å². The van der Waals surface area contributed by atoms with Gasteiger partial charge in [-0.2, -0.15) is 0 Å². The average molecular weight is 421 g/mol. The van der Waals surface area contributed by atoms with Gasteiger partial charge < -0.3 is 24.8 Å². The highest BCUT2D eigenvalue weighted by Gasteiger charge is 2.08. The van der Waals surface area contributed by atoms with Crippen molar-refractivity contribution in [1.82, 2.24) is 15.6 Å². The van der Waals surface area contributed by atoms with Crippen LogP contribution in [0.2, 0.25) is 0 Å². The fourth-order valence-corrected chi connectivity index (χ4v) is 2.99. The van der Waals surface area contributed by atoms with Crippen LogP contribution in [-0.2, 0) is 19.7 Å². The molecule has 0 amide bonds. The lowest BCUT2D eigenvalue weighted by atomic mass is 10.2. The Kier molecular flexibility index (Phi) is 8.11. The largest absolute Gasteiger partial charge is 0.493 e. The number of rotatable bonds is 9. The summed E-state index contributed by atoms with van der Waals surface area (Å²) in [5.74, 6) is 2.68. The van der Waals surface area contributed by atoms with Gasteiger partial charge in [-0.25, -0.2) is 4.98 Å². The first kappa shape index (κ1) is 22.0. The molecule has 0 fully saturated rings. The highest BCUT2D eigenvalue weighted by Crippen LogP contribution is 2.27. The summed E-state index contributed by atoms with van der Waals surface area (Å²) < 4.78 is 16.6. The molecule has 2 N–H and O–H groups in total. The van der Waals surface area contributed by atoms with Crippen LogP contribution in [0.1, 0.15) is 16.7 Å². The van der Waals surface area contributed by atoms with Crippen molar-refractivity contribution in [2.75, 3.05) is 21.3 Å². The molecule has 1 aromatic heterocycles. The second kappa shape index (κ2) is 11.4. The standard InChI is InChI=1S/C24H28N4O3/c1-25-24(27-15-19-11-12-21(29-2)22(14-19)30-3)28-16-20-10-7-13-26-23(20)31-17-18-8-5-4-6-9-18/h4-14H,15-17H2,1-3H3,(H2,25,27,28). The number of guanidine groups is 1. The monoisotopic (exact) mass is 420 g/mol. The number of nitrogens with one attached hydrogen (secondary N) is 2. The average Bonchev–Trinajstić information content (AvgIpc) is 2.83. The predicted octanol–water partition coefficient (Wildman–Crippen LogP) is 3.54. The quantitative estimate of drug-likeness (QED) is 0.407.